The molecule has 1 aliphatic carbocycles. The average Bonchev–Trinajstić information content (AvgIpc) is 3.34. The van der Waals surface area contributed by atoms with Crippen molar-refractivity contribution in [1.82, 2.24) is 29.5 Å². The summed E-state index contributed by atoms with van der Waals surface area (Å²) in [7, 11) is 0. The number of alkyl halides is 3. The molecule has 0 saturated heterocycles. The Hall–Kier alpha value is -4.42. The predicted octanol–water partition coefficient (Wildman–Crippen LogP) is 3.59. The van der Waals surface area contributed by atoms with Crippen LogP contribution in [0.25, 0.3) is 16.7 Å². The van der Waals surface area contributed by atoms with Crippen molar-refractivity contribution in [2.45, 2.75) is 19.0 Å². The number of aromatic amines is 1. The van der Waals surface area contributed by atoms with E-state index < -0.39 is 17.8 Å². The highest BCUT2D eigenvalue weighted by Crippen LogP contribution is 2.38. The number of halogens is 3. The lowest BCUT2D eigenvalue weighted by atomic mass is 9.82. The number of carboxylic acid groups (broad SMARTS) is 1. The number of nitrogens with two attached hydrogens (primary N) is 1. The second-order valence-corrected chi connectivity index (χ2v) is 7.84. The molecule has 0 fully saturated rings. The third kappa shape index (κ3) is 3.60. The van der Waals surface area contributed by atoms with Crippen LogP contribution >= 0.6 is 0 Å². The standard InChI is InChI=1S/C21H17F3N8O2/c1-9-6-10(28-20-29-13-4-5-14(21(22,23)24)30-18(13)31-20)2-3-11(9)15-12(19(33)34)7-32-16(15)17(25)26-8-27-32/h2-9,11H,1H3,(H,33,34)(H2,25,26,27)(H2,28,29,30,31). The van der Waals surface area contributed by atoms with E-state index in [-0.39, 0.29) is 34.8 Å². The zero-order valence-corrected chi connectivity index (χ0v) is 17.5. The van der Waals surface area contributed by atoms with Gasteiger partial charge in [-0.1, -0.05) is 19.1 Å². The Bertz CT molecular complexity index is 1500. The molecule has 4 aromatic rings. The molecule has 4 heterocycles. The van der Waals surface area contributed by atoms with Crippen molar-refractivity contribution in [1.29, 1.82) is 0 Å². The van der Waals surface area contributed by atoms with Crippen LogP contribution in [-0.4, -0.2) is 40.6 Å². The summed E-state index contributed by atoms with van der Waals surface area (Å²) < 4.78 is 40.1. The van der Waals surface area contributed by atoms with Gasteiger partial charge in [-0.05, 0) is 24.1 Å². The van der Waals surface area contributed by atoms with E-state index in [4.69, 9.17) is 5.73 Å². The van der Waals surface area contributed by atoms with Gasteiger partial charge in [0.05, 0.1) is 11.1 Å². The highest BCUT2D eigenvalue weighted by molar-refractivity contribution is 5.94. The average molecular weight is 470 g/mol. The molecule has 1 aliphatic rings. The summed E-state index contributed by atoms with van der Waals surface area (Å²) in [5.41, 5.74) is 6.91. The maximum Gasteiger partial charge on any atom is 0.433 e. The zero-order valence-electron chi connectivity index (χ0n) is 17.5. The van der Waals surface area contributed by atoms with Crippen molar-refractivity contribution in [3.63, 3.8) is 0 Å². The van der Waals surface area contributed by atoms with E-state index in [0.717, 1.165) is 6.07 Å². The van der Waals surface area contributed by atoms with Crippen LogP contribution in [0, 0.1) is 5.92 Å². The van der Waals surface area contributed by atoms with Crippen molar-refractivity contribution >= 4 is 34.4 Å². The molecule has 0 spiro atoms. The normalized spacial score (nSPS) is 18.4. The van der Waals surface area contributed by atoms with E-state index in [1.807, 2.05) is 19.1 Å². The lowest BCUT2D eigenvalue weighted by Crippen LogP contribution is -2.15. The Morgan fingerprint density at radius 2 is 2.09 bits per heavy atom. The number of pyridine rings is 1. The third-order valence-corrected chi connectivity index (χ3v) is 5.60. The SMILES string of the molecule is CC1C=C(Nc2nc3nc(C(F)(F)F)ccc3[nH]2)C=CC1c1c(C(=O)O)cn2ncnc(N)c12. The second kappa shape index (κ2) is 7.57. The maximum atomic E-state index is 12.9. The largest absolute Gasteiger partial charge is 0.478 e. The number of hydrogen-bond donors (Lipinski definition) is 4. The molecule has 4 aromatic heterocycles. The number of nitrogen functional groups attached to an aromatic ring is 1. The zero-order chi connectivity index (χ0) is 24.2. The highest BCUT2D eigenvalue weighted by atomic mass is 19.4. The number of carbonyl (C=O) groups is 1. The smallest absolute Gasteiger partial charge is 0.433 e. The van der Waals surface area contributed by atoms with Crippen molar-refractivity contribution in [2.75, 3.05) is 11.1 Å². The molecule has 5 N–H and O–H groups in total. The summed E-state index contributed by atoms with van der Waals surface area (Å²) in [5, 5.41) is 16.8. The van der Waals surface area contributed by atoms with Crippen molar-refractivity contribution in [2.24, 2.45) is 5.92 Å². The summed E-state index contributed by atoms with van der Waals surface area (Å²) in [6.45, 7) is 1.90. The fraction of sp³-hybridized carbons (Fsp3) is 0.190. The molecule has 0 amide bonds. The van der Waals surface area contributed by atoms with Crippen molar-refractivity contribution < 1.29 is 23.1 Å². The van der Waals surface area contributed by atoms with Gasteiger partial charge in [-0.25, -0.2) is 19.3 Å². The Kier molecular flexibility index (Phi) is 4.77. The monoisotopic (exact) mass is 470 g/mol. The first-order chi connectivity index (χ1) is 16.1. The number of aromatic nitrogens is 6. The van der Waals surface area contributed by atoms with Crippen LogP contribution in [-0.2, 0) is 6.18 Å². The fourth-order valence-corrected chi connectivity index (χ4v) is 4.08. The number of rotatable bonds is 4. The summed E-state index contributed by atoms with van der Waals surface area (Å²) >= 11 is 0. The Morgan fingerprint density at radius 3 is 2.79 bits per heavy atom. The van der Waals surface area contributed by atoms with E-state index in [2.05, 4.69) is 30.4 Å². The van der Waals surface area contributed by atoms with Gasteiger partial charge in [0, 0.05) is 23.4 Å². The number of nitrogens with one attached hydrogen (secondary N) is 2. The molecular formula is C21H17F3N8O2. The number of H-pyrrole nitrogens is 1. The summed E-state index contributed by atoms with van der Waals surface area (Å²) in [6, 6.07) is 2.15. The fourth-order valence-electron chi connectivity index (χ4n) is 4.08. The molecule has 10 nitrogen and oxygen atoms in total. The van der Waals surface area contributed by atoms with Crippen LogP contribution < -0.4 is 11.1 Å². The summed E-state index contributed by atoms with van der Waals surface area (Å²) in [5.74, 6) is -1.22. The number of fused-ring (bicyclic) bond motifs is 2. The van der Waals surface area contributed by atoms with Gasteiger partial charge in [-0.3, -0.25) is 0 Å². The Balaban J connectivity index is 1.44. The molecule has 2 atom stereocenters. The lowest BCUT2D eigenvalue weighted by molar-refractivity contribution is -0.141. The molecule has 0 saturated carbocycles. The van der Waals surface area contributed by atoms with Crippen LogP contribution in [0.1, 0.15) is 34.5 Å². The molecule has 34 heavy (non-hydrogen) atoms. The molecule has 13 heteroatoms. The number of allylic oxidation sites excluding steroid dienone is 3. The number of carboxylic acids is 1. The topological polar surface area (TPSA) is 147 Å². The van der Waals surface area contributed by atoms with Gasteiger partial charge in [0.1, 0.15) is 17.5 Å². The Morgan fingerprint density at radius 1 is 1.29 bits per heavy atom. The van der Waals surface area contributed by atoms with Crippen LogP contribution in [0.3, 0.4) is 0 Å². The second-order valence-electron chi connectivity index (χ2n) is 7.84. The number of imidazole rings is 1. The van der Waals surface area contributed by atoms with Gasteiger partial charge in [-0.15, -0.1) is 0 Å². The minimum atomic E-state index is -4.56. The van der Waals surface area contributed by atoms with E-state index in [0.29, 0.717) is 22.3 Å². The molecule has 0 bridgehead atoms. The lowest BCUT2D eigenvalue weighted by Gasteiger charge is -2.24. The first-order valence-electron chi connectivity index (χ1n) is 10.1. The number of hydrogen-bond acceptors (Lipinski definition) is 7. The molecule has 5 rings (SSSR count). The number of aromatic carboxylic acids is 1. The van der Waals surface area contributed by atoms with Crippen molar-refractivity contribution in [3.8, 4) is 0 Å². The first-order valence-corrected chi connectivity index (χ1v) is 10.1. The molecule has 174 valence electrons. The van der Waals surface area contributed by atoms with Gasteiger partial charge >= 0.3 is 12.1 Å². The minimum Gasteiger partial charge on any atom is -0.478 e. The maximum absolute atomic E-state index is 12.9. The quantitative estimate of drug-likeness (QED) is 0.354. The molecule has 2 unspecified atom stereocenters. The van der Waals surface area contributed by atoms with E-state index in [9.17, 15) is 23.1 Å². The van der Waals surface area contributed by atoms with Crippen LogP contribution in [0.15, 0.2) is 48.6 Å². The molecule has 0 radical (unpaired) electrons. The van der Waals surface area contributed by atoms with E-state index in [1.54, 1.807) is 6.08 Å². The van der Waals surface area contributed by atoms with Gasteiger partial charge in [0.25, 0.3) is 0 Å². The van der Waals surface area contributed by atoms with Gasteiger partial charge in [-0.2, -0.15) is 23.3 Å². The highest BCUT2D eigenvalue weighted by Gasteiger charge is 2.33. The minimum absolute atomic E-state index is 0.0644. The van der Waals surface area contributed by atoms with Gasteiger partial charge in [0.2, 0.25) is 5.95 Å². The van der Waals surface area contributed by atoms with Gasteiger partial charge < -0.3 is 21.1 Å². The predicted molar refractivity (Wildman–Crippen MR) is 116 cm³/mol. The Labute approximate surface area is 189 Å². The van der Waals surface area contributed by atoms with Crippen molar-refractivity contribution in [3.05, 3.63) is 65.4 Å². The van der Waals surface area contributed by atoms with Gasteiger partial charge in [0.15, 0.2) is 11.5 Å². The molecule has 0 aromatic carbocycles. The summed E-state index contributed by atoms with van der Waals surface area (Å²) in [4.78, 5) is 26.4. The van der Waals surface area contributed by atoms with Crippen LogP contribution in [0.2, 0.25) is 0 Å². The first kappa shape index (κ1) is 21.4. The molecular weight excluding hydrogens is 453 g/mol. The number of nitrogens with zero attached hydrogens (tertiary/aromatic N) is 5. The van der Waals surface area contributed by atoms with Crippen LogP contribution in [0.5, 0.6) is 0 Å². The van der Waals surface area contributed by atoms with Crippen LogP contribution in [0.4, 0.5) is 24.9 Å². The molecule has 0 aliphatic heterocycles. The summed E-state index contributed by atoms with van der Waals surface area (Å²) in [6.07, 6.45) is 3.51. The number of anilines is 2. The van der Waals surface area contributed by atoms with E-state index in [1.165, 1.54) is 23.1 Å². The van der Waals surface area contributed by atoms with E-state index >= 15 is 0 Å². The third-order valence-electron chi connectivity index (χ3n) is 5.60.